The van der Waals surface area contributed by atoms with E-state index < -0.39 is 12.0 Å². The Balaban J connectivity index is 1.51. The van der Waals surface area contributed by atoms with Crippen LogP contribution in [-0.2, 0) is 17.9 Å². The SMILES string of the molecule is COc1cc(CN(CC2CC2)[C@@H](C(=O)O)c2ccc(Cl)c(Cl)c2)ccc1OCCn1c(O)ccc1O. The summed E-state index contributed by atoms with van der Waals surface area (Å²) in [5, 5.41) is 30.4. The summed E-state index contributed by atoms with van der Waals surface area (Å²) in [6.45, 7) is 1.46. The van der Waals surface area contributed by atoms with Crippen molar-refractivity contribution < 1.29 is 29.6 Å². The minimum atomic E-state index is -0.961. The maximum Gasteiger partial charge on any atom is 0.325 e. The summed E-state index contributed by atoms with van der Waals surface area (Å²) in [7, 11) is 1.54. The first kappa shape index (κ1) is 26.0. The second-order valence-electron chi connectivity index (χ2n) is 8.82. The van der Waals surface area contributed by atoms with Crippen LogP contribution < -0.4 is 9.47 Å². The second-order valence-corrected chi connectivity index (χ2v) is 9.64. The van der Waals surface area contributed by atoms with Crippen molar-refractivity contribution in [3.63, 3.8) is 0 Å². The number of ether oxygens (including phenoxy) is 2. The standard InChI is InChI=1S/C26H28Cl2N2O6/c1-35-22-12-17(4-7-21(22)36-11-10-30-23(31)8-9-24(30)32)15-29(14-16-2-3-16)25(26(33)34)18-5-6-19(27)20(28)13-18/h4-9,12-13,16,25,31-32H,2-3,10-11,14-15H2,1H3,(H,33,34)/t25-/m1/s1. The summed E-state index contributed by atoms with van der Waals surface area (Å²) in [6, 6.07) is 12.3. The van der Waals surface area contributed by atoms with E-state index in [4.69, 9.17) is 32.7 Å². The largest absolute Gasteiger partial charge is 0.494 e. The van der Waals surface area contributed by atoms with Gasteiger partial charge in [-0.25, -0.2) is 0 Å². The number of aliphatic carboxylic acids is 1. The molecule has 0 amide bonds. The van der Waals surface area contributed by atoms with E-state index in [0.717, 1.165) is 18.4 Å². The maximum absolute atomic E-state index is 12.4. The highest BCUT2D eigenvalue weighted by Gasteiger charge is 2.33. The van der Waals surface area contributed by atoms with Gasteiger partial charge < -0.3 is 24.8 Å². The Morgan fingerprint density at radius 2 is 1.78 bits per heavy atom. The van der Waals surface area contributed by atoms with Gasteiger partial charge in [-0.2, -0.15) is 0 Å². The molecule has 1 aliphatic carbocycles. The number of rotatable bonds is 12. The molecule has 0 spiro atoms. The van der Waals surface area contributed by atoms with Gasteiger partial charge in [0.05, 0.1) is 23.7 Å². The number of carboxylic acid groups (broad SMARTS) is 1. The summed E-state index contributed by atoms with van der Waals surface area (Å²) < 4.78 is 12.7. The number of aromatic nitrogens is 1. The summed E-state index contributed by atoms with van der Waals surface area (Å²) in [5.74, 6) is 0.396. The average Bonchev–Trinajstić information content (AvgIpc) is 3.61. The minimum absolute atomic E-state index is 0.0517. The molecule has 1 aromatic heterocycles. The third kappa shape index (κ3) is 6.19. The summed E-state index contributed by atoms with van der Waals surface area (Å²) in [6.07, 6.45) is 2.15. The Labute approximate surface area is 219 Å². The summed E-state index contributed by atoms with van der Waals surface area (Å²) >= 11 is 12.2. The molecule has 4 rings (SSSR count). The van der Waals surface area contributed by atoms with Crippen molar-refractivity contribution in [1.29, 1.82) is 0 Å². The van der Waals surface area contributed by atoms with Gasteiger partial charge in [0, 0.05) is 25.2 Å². The Morgan fingerprint density at radius 3 is 2.39 bits per heavy atom. The second kappa shape index (κ2) is 11.3. The molecule has 2 aromatic carbocycles. The zero-order chi connectivity index (χ0) is 25.8. The molecule has 8 nitrogen and oxygen atoms in total. The lowest BCUT2D eigenvalue weighted by Gasteiger charge is -2.30. The third-order valence-corrected chi connectivity index (χ3v) is 6.91. The Hall–Kier alpha value is -3.07. The first-order chi connectivity index (χ1) is 17.3. The minimum Gasteiger partial charge on any atom is -0.494 e. The first-order valence-corrected chi connectivity index (χ1v) is 12.3. The van der Waals surface area contributed by atoms with Gasteiger partial charge in [-0.15, -0.1) is 0 Å². The number of carbonyl (C=O) groups is 1. The molecular weight excluding hydrogens is 507 g/mol. The van der Waals surface area contributed by atoms with Gasteiger partial charge in [0.1, 0.15) is 12.6 Å². The highest BCUT2D eigenvalue weighted by molar-refractivity contribution is 6.42. The number of hydrogen-bond donors (Lipinski definition) is 3. The lowest BCUT2D eigenvalue weighted by molar-refractivity contribution is -0.144. The van der Waals surface area contributed by atoms with Gasteiger partial charge in [-0.05, 0) is 54.2 Å². The number of carboxylic acids is 1. The molecule has 1 atom stereocenters. The zero-order valence-electron chi connectivity index (χ0n) is 19.7. The van der Waals surface area contributed by atoms with Crippen LogP contribution in [0.2, 0.25) is 10.0 Å². The maximum atomic E-state index is 12.4. The van der Waals surface area contributed by atoms with Crippen LogP contribution in [0.15, 0.2) is 48.5 Å². The fourth-order valence-electron chi connectivity index (χ4n) is 4.17. The highest BCUT2D eigenvalue weighted by atomic mass is 35.5. The Bertz CT molecular complexity index is 1210. The third-order valence-electron chi connectivity index (χ3n) is 6.17. The molecule has 1 aliphatic rings. The van der Waals surface area contributed by atoms with Gasteiger partial charge in [0.15, 0.2) is 23.3 Å². The average molecular weight is 535 g/mol. The van der Waals surface area contributed by atoms with Crippen molar-refractivity contribution in [3.05, 3.63) is 69.7 Å². The van der Waals surface area contributed by atoms with Crippen LogP contribution in [0.5, 0.6) is 23.3 Å². The zero-order valence-corrected chi connectivity index (χ0v) is 21.2. The number of methoxy groups -OCH3 is 1. The van der Waals surface area contributed by atoms with Gasteiger partial charge in [0.2, 0.25) is 0 Å². The first-order valence-electron chi connectivity index (χ1n) is 11.6. The van der Waals surface area contributed by atoms with Crippen LogP contribution in [-0.4, -0.2) is 51.0 Å². The van der Waals surface area contributed by atoms with E-state index in [1.54, 1.807) is 24.3 Å². The van der Waals surface area contributed by atoms with Crippen molar-refractivity contribution in [1.82, 2.24) is 9.47 Å². The van der Waals surface area contributed by atoms with Crippen molar-refractivity contribution in [2.75, 3.05) is 20.3 Å². The fraction of sp³-hybridized carbons (Fsp3) is 0.346. The van der Waals surface area contributed by atoms with E-state index in [1.807, 2.05) is 17.0 Å². The monoisotopic (exact) mass is 534 g/mol. The van der Waals surface area contributed by atoms with Crippen LogP contribution >= 0.6 is 23.2 Å². The molecule has 1 saturated carbocycles. The van der Waals surface area contributed by atoms with E-state index in [0.29, 0.717) is 46.1 Å². The number of hydrogen-bond acceptors (Lipinski definition) is 6. The molecule has 0 aliphatic heterocycles. The van der Waals surface area contributed by atoms with Crippen molar-refractivity contribution in [3.8, 4) is 23.3 Å². The molecule has 0 saturated heterocycles. The van der Waals surface area contributed by atoms with E-state index in [9.17, 15) is 20.1 Å². The molecule has 0 radical (unpaired) electrons. The van der Waals surface area contributed by atoms with E-state index in [1.165, 1.54) is 23.8 Å². The van der Waals surface area contributed by atoms with Crippen LogP contribution in [0.1, 0.15) is 30.0 Å². The number of aromatic hydroxyl groups is 2. The molecule has 10 heteroatoms. The van der Waals surface area contributed by atoms with E-state index >= 15 is 0 Å². The molecule has 1 heterocycles. The number of benzene rings is 2. The molecule has 3 aromatic rings. The van der Waals surface area contributed by atoms with Crippen molar-refractivity contribution >= 4 is 29.2 Å². The Morgan fingerprint density at radius 1 is 1.06 bits per heavy atom. The van der Waals surface area contributed by atoms with Gasteiger partial charge in [0.25, 0.3) is 0 Å². The van der Waals surface area contributed by atoms with Gasteiger partial charge >= 0.3 is 5.97 Å². The molecule has 1 fully saturated rings. The molecule has 192 valence electrons. The predicted molar refractivity (Wildman–Crippen MR) is 136 cm³/mol. The normalized spacial score (nSPS) is 14.1. The topological polar surface area (TPSA) is 104 Å². The quantitative estimate of drug-likeness (QED) is 0.288. The van der Waals surface area contributed by atoms with Gasteiger partial charge in [-0.1, -0.05) is 35.3 Å². The molecular formula is C26H28Cl2N2O6. The number of nitrogens with zero attached hydrogens (tertiary/aromatic N) is 2. The van der Waals surface area contributed by atoms with Crippen LogP contribution in [0.25, 0.3) is 0 Å². The lowest BCUT2D eigenvalue weighted by Crippen LogP contribution is -2.35. The van der Waals surface area contributed by atoms with Crippen LogP contribution in [0.4, 0.5) is 0 Å². The molecule has 36 heavy (non-hydrogen) atoms. The smallest absolute Gasteiger partial charge is 0.325 e. The van der Waals surface area contributed by atoms with Crippen molar-refractivity contribution in [2.45, 2.75) is 32.0 Å². The lowest BCUT2D eigenvalue weighted by atomic mass is 10.0. The molecule has 0 unspecified atom stereocenters. The summed E-state index contributed by atoms with van der Waals surface area (Å²) in [4.78, 5) is 14.3. The highest BCUT2D eigenvalue weighted by Crippen LogP contribution is 2.36. The fourth-order valence-corrected chi connectivity index (χ4v) is 4.48. The molecule has 0 bridgehead atoms. The van der Waals surface area contributed by atoms with E-state index in [2.05, 4.69) is 0 Å². The number of halogens is 2. The Kier molecular flexibility index (Phi) is 8.18. The predicted octanol–water partition coefficient (Wildman–Crippen LogP) is 5.33. The van der Waals surface area contributed by atoms with E-state index in [-0.39, 0.29) is 24.9 Å². The van der Waals surface area contributed by atoms with Crippen LogP contribution in [0, 0.1) is 5.92 Å². The van der Waals surface area contributed by atoms with Crippen molar-refractivity contribution in [2.24, 2.45) is 5.92 Å². The molecule has 3 N–H and O–H groups in total. The van der Waals surface area contributed by atoms with Gasteiger partial charge in [-0.3, -0.25) is 14.3 Å². The summed E-state index contributed by atoms with van der Waals surface area (Å²) in [5.41, 5.74) is 1.44. The van der Waals surface area contributed by atoms with Crippen LogP contribution in [0.3, 0.4) is 0 Å².